The van der Waals surface area contributed by atoms with E-state index < -0.39 is 23.4 Å². The Hall–Kier alpha value is -4.49. The lowest BCUT2D eigenvalue weighted by Crippen LogP contribution is -2.51. The van der Waals surface area contributed by atoms with Gasteiger partial charge in [0, 0.05) is 27.0 Å². The van der Waals surface area contributed by atoms with E-state index in [0.29, 0.717) is 22.6 Å². The van der Waals surface area contributed by atoms with Gasteiger partial charge in [-0.05, 0) is 59.7 Å². The van der Waals surface area contributed by atoms with E-state index in [1.807, 2.05) is 65.6 Å². The number of anilines is 2. The van der Waals surface area contributed by atoms with Crippen LogP contribution in [-0.2, 0) is 10.2 Å². The van der Waals surface area contributed by atoms with Crippen molar-refractivity contribution in [2.24, 2.45) is 5.92 Å². The Labute approximate surface area is 245 Å². The maximum Gasteiger partial charge on any atom is 0.238 e. The number of benzene rings is 4. The molecule has 0 aromatic heterocycles. The van der Waals surface area contributed by atoms with Crippen molar-refractivity contribution in [1.29, 1.82) is 0 Å². The second-order valence-electron chi connectivity index (χ2n) is 10.5. The molecular weight excluding hydrogens is 580 g/mol. The molecule has 4 atom stereocenters. The van der Waals surface area contributed by atoms with Crippen molar-refractivity contribution in [3.05, 3.63) is 130 Å². The molecule has 1 fully saturated rings. The fourth-order valence-corrected chi connectivity index (χ4v) is 7.10. The summed E-state index contributed by atoms with van der Waals surface area (Å²) in [6.07, 6.45) is 3.97. The van der Waals surface area contributed by atoms with Crippen molar-refractivity contribution in [3.8, 4) is 5.75 Å². The molecule has 7 rings (SSSR count). The molecule has 6 nitrogen and oxygen atoms in total. The van der Waals surface area contributed by atoms with Gasteiger partial charge in [-0.25, -0.2) is 0 Å². The van der Waals surface area contributed by atoms with Crippen molar-refractivity contribution < 1.29 is 19.1 Å². The molecule has 1 saturated heterocycles. The maximum atomic E-state index is 14.8. The Balaban J connectivity index is 1.52. The Bertz CT molecular complexity index is 1750. The van der Waals surface area contributed by atoms with Gasteiger partial charge in [-0.3, -0.25) is 14.4 Å². The highest BCUT2D eigenvalue weighted by molar-refractivity contribution is 9.10. The summed E-state index contributed by atoms with van der Waals surface area (Å²) >= 11 is 3.46. The predicted molar refractivity (Wildman–Crippen MR) is 162 cm³/mol. The topological polar surface area (TPSA) is 75.7 Å². The Morgan fingerprint density at radius 1 is 0.854 bits per heavy atom. The van der Waals surface area contributed by atoms with E-state index in [1.54, 1.807) is 55.6 Å². The second-order valence-corrected chi connectivity index (χ2v) is 11.4. The summed E-state index contributed by atoms with van der Waals surface area (Å²) in [5.41, 5.74) is 2.68. The molecule has 1 N–H and O–H groups in total. The second kappa shape index (κ2) is 9.56. The van der Waals surface area contributed by atoms with Gasteiger partial charge in [0.25, 0.3) is 0 Å². The average molecular weight is 605 g/mol. The van der Waals surface area contributed by atoms with E-state index in [4.69, 9.17) is 4.74 Å². The highest BCUT2D eigenvalue weighted by Crippen LogP contribution is 2.58. The van der Waals surface area contributed by atoms with Crippen LogP contribution in [0.15, 0.2) is 108 Å². The largest absolute Gasteiger partial charge is 0.497 e. The van der Waals surface area contributed by atoms with Crippen molar-refractivity contribution in [2.75, 3.05) is 17.3 Å². The average Bonchev–Trinajstić information content (AvgIpc) is 3.49. The smallest absolute Gasteiger partial charge is 0.238 e. The van der Waals surface area contributed by atoms with E-state index >= 15 is 0 Å². The van der Waals surface area contributed by atoms with Crippen molar-refractivity contribution in [2.45, 2.75) is 17.5 Å². The Morgan fingerprint density at radius 3 is 2.27 bits per heavy atom. The van der Waals surface area contributed by atoms with Crippen LogP contribution in [0.3, 0.4) is 0 Å². The van der Waals surface area contributed by atoms with E-state index in [0.717, 1.165) is 21.3 Å². The van der Waals surface area contributed by atoms with E-state index in [-0.39, 0.29) is 17.5 Å². The normalized spacial score (nSPS) is 23.5. The van der Waals surface area contributed by atoms with Crippen molar-refractivity contribution >= 4 is 50.9 Å². The molecule has 202 valence electrons. The van der Waals surface area contributed by atoms with Gasteiger partial charge in [0.1, 0.15) is 17.2 Å². The molecule has 1 spiro atoms. The minimum atomic E-state index is -1.34. The fraction of sp³-hybridized carbons (Fsp3) is 0.147. The molecule has 3 aliphatic rings. The van der Waals surface area contributed by atoms with Gasteiger partial charge in [0.05, 0.1) is 19.1 Å². The molecule has 41 heavy (non-hydrogen) atoms. The number of hydrogen-bond acceptors (Lipinski definition) is 5. The third-order valence-corrected chi connectivity index (χ3v) is 9.12. The number of rotatable bonds is 5. The molecule has 0 bridgehead atoms. The number of halogens is 1. The van der Waals surface area contributed by atoms with Gasteiger partial charge in [0.2, 0.25) is 5.91 Å². The molecule has 4 aromatic carbocycles. The number of para-hydroxylation sites is 2. The first-order valence-electron chi connectivity index (χ1n) is 13.4. The van der Waals surface area contributed by atoms with E-state index in [2.05, 4.69) is 21.2 Å². The zero-order chi connectivity index (χ0) is 28.3. The SMILES string of the molecule is COc1ccc(C(=O)[C@H]2[C@@H](C(=O)c3ccc(Br)cc3)[C@]3(C(=O)Nc4ccccc43)[C@H]3C=Cc4ccccc4N23)cc1. The minimum absolute atomic E-state index is 0.229. The van der Waals surface area contributed by atoms with Crippen LogP contribution < -0.4 is 15.0 Å². The van der Waals surface area contributed by atoms with Gasteiger partial charge in [-0.1, -0.05) is 76.6 Å². The monoisotopic (exact) mass is 604 g/mol. The third-order valence-electron chi connectivity index (χ3n) is 8.60. The molecule has 1 amide bonds. The number of nitrogens with zero attached hydrogens (tertiary/aromatic N) is 1. The molecule has 0 aliphatic carbocycles. The van der Waals surface area contributed by atoms with Crippen LogP contribution >= 0.6 is 15.9 Å². The van der Waals surface area contributed by atoms with Crippen molar-refractivity contribution in [3.63, 3.8) is 0 Å². The van der Waals surface area contributed by atoms with Gasteiger partial charge in [0.15, 0.2) is 11.6 Å². The first-order valence-corrected chi connectivity index (χ1v) is 14.2. The Morgan fingerprint density at radius 2 is 1.51 bits per heavy atom. The number of ketones is 2. The first kappa shape index (κ1) is 25.5. The summed E-state index contributed by atoms with van der Waals surface area (Å²) in [5, 5.41) is 3.06. The molecule has 3 aliphatic heterocycles. The number of fused-ring (bicyclic) bond motifs is 6. The summed E-state index contributed by atoms with van der Waals surface area (Å²) in [7, 11) is 1.57. The van der Waals surface area contributed by atoms with Crippen LogP contribution in [0.4, 0.5) is 11.4 Å². The van der Waals surface area contributed by atoms with Gasteiger partial charge in [-0.15, -0.1) is 0 Å². The van der Waals surface area contributed by atoms with Crippen LogP contribution in [0.2, 0.25) is 0 Å². The highest BCUT2D eigenvalue weighted by atomic mass is 79.9. The van der Waals surface area contributed by atoms with Crippen molar-refractivity contribution in [1.82, 2.24) is 0 Å². The number of nitrogens with one attached hydrogen (secondary N) is 1. The third kappa shape index (κ3) is 3.65. The van der Waals surface area contributed by atoms with Gasteiger partial charge < -0.3 is 15.0 Å². The lowest BCUT2D eigenvalue weighted by molar-refractivity contribution is -0.121. The number of Topliss-reactive ketones (excluding diaryl/α,β-unsaturated/α-hetero) is 2. The van der Waals surface area contributed by atoms with E-state index in [1.165, 1.54) is 0 Å². The van der Waals surface area contributed by atoms with Gasteiger partial charge in [-0.2, -0.15) is 0 Å². The molecule has 0 saturated carbocycles. The van der Waals surface area contributed by atoms with Crippen LogP contribution in [0, 0.1) is 5.92 Å². The fourth-order valence-electron chi connectivity index (χ4n) is 6.84. The van der Waals surface area contributed by atoms with Gasteiger partial charge >= 0.3 is 0 Å². The molecule has 4 aromatic rings. The standard InChI is InChI=1S/C34H25BrN2O4/c1-41-24-17-12-22(13-18-24)32(39)30-29(31(38)21-10-15-23(35)16-11-21)34(25-7-3-4-8-26(25)36-33(34)40)28-19-14-20-6-2-5-9-27(20)37(28)30/h2-19,28-30H,1H3,(H,36,40)/t28-,29+,30-,34-/m1/s1. The van der Waals surface area contributed by atoms with E-state index in [9.17, 15) is 14.4 Å². The number of carbonyl (C=O) groups is 3. The molecular formula is C34H25BrN2O4. The molecule has 7 heteroatoms. The number of ether oxygens (including phenoxy) is 1. The quantitative estimate of drug-likeness (QED) is 0.270. The summed E-state index contributed by atoms with van der Waals surface area (Å²) in [6.45, 7) is 0. The van der Waals surface area contributed by atoms with Crippen LogP contribution in [-0.4, -0.2) is 36.7 Å². The zero-order valence-corrected chi connectivity index (χ0v) is 23.7. The maximum absolute atomic E-state index is 14.8. The minimum Gasteiger partial charge on any atom is -0.497 e. The summed E-state index contributed by atoms with van der Waals surface area (Å²) in [4.78, 5) is 45.8. The number of methoxy groups -OCH3 is 1. The molecule has 0 radical (unpaired) electrons. The first-order chi connectivity index (χ1) is 19.9. The molecule has 0 unspecified atom stereocenters. The Kier molecular flexibility index (Phi) is 5.94. The summed E-state index contributed by atoms with van der Waals surface area (Å²) in [5.74, 6) is -1.15. The zero-order valence-electron chi connectivity index (χ0n) is 22.1. The summed E-state index contributed by atoms with van der Waals surface area (Å²) < 4.78 is 6.15. The summed E-state index contributed by atoms with van der Waals surface area (Å²) in [6, 6.07) is 27.8. The van der Waals surface area contributed by atoms with Crippen LogP contribution in [0.1, 0.15) is 31.8 Å². The lowest BCUT2D eigenvalue weighted by Gasteiger charge is -2.37. The number of carbonyl (C=O) groups excluding carboxylic acids is 3. The lowest BCUT2D eigenvalue weighted by atomic mass is 9.64. The molecule has 3 heterocycles. The van der Waals surface area contributed by atoms with Crippen LogP contribution in [0.5, 0.6) is 5.75 Å². The number of hydrogen-bond donors (Lipinski definition) is 1. The number of amides is 1. The van der Waals surface area contributed by atoms with Crippen LogP contribution in [0.25, 0.3) is 6.08 Å². The highest BCUT2D eigenvalue weighted by Gasteiger charge is 2.70. The predicted octanol–water partition coefficient (Wildman–Crippen LogP) is 6.31.